The van der Waals surface area contributed by atoms with Crippen molar-refractivity contribution in [2.24, 2.45) is 5.73 Å². The molecule has 3 nitrogen and oxygen atoms in total. The highest BCUT2D eigenvalue weighted by Crippen LogP contribution is 2.20. The fourth-order valence-electron chi connectivity index (χ4n) is 1.59. The van der Waals surface area contributed by atoms with Gasteiger partial charge < -0.3 is 15.6 Å². The van der Waals surface area contributed by atoms with Gasteiger partial charge in [-0.25, -0.2) is 0 Å². The topological polar surface area (TPSA) is 55.5 Å². The monoisotopic (exact) mass is 307 g/mol. The normalized spacial score (nSPS) is 12.1. The second kappa shape index (κ2) is 5.89. The second-order valence-electron chi connectivity index (χ2n) is 3.97. The molecule has 94 valence electrons. The molecule has 4 heteroatoms. The van der Waals surface area contributed by atoms with Crippen LogP contribution in [0, 0.1) is 0 Å². The fraction of sp³-hybridized carbons (Fsp3) is 0.143. The largest absolute Gasteiger partial charge is 0.508 e. The van der Waals surface area contributed by atoms with E-state index in [2.05, 4.69) is 15.9 Å². The summed E-state index contributed by atoms with van der Waals surface area (Å²) in [4.78, 5) is 0. The predicted molar refractivity (Wildman–Crippen MR) is 74.7 cm³/mol. The van der Waals surface area contributed by atoms with Gasteiger partial charge in [0, 0.05) is 4.47 Å². The van der Waals surface area contributed by atoms with Gasteiger partial charge in [-0.2, -0.15) is 0 Å². The number of phenols is 1. The molecule has 0 saturated heterocycles. The van der Waals surface area contributed by atoms with Gasteiger partial charge >= 0.3 is 0 Å². The second-order valence-corrected chi connectivity index (χ2v) is 4.89. The van der Waals surface area contributed by atoms with E-state index in [9.17, 15) is 5.11 Å². The zero-order valence-electron chi connectivity index (χ0n) is 9.71. The average molecular weight is 308 g/mol. The smallest absolute Gasteiger partial charge is 0.120 e. The number of rotatable bonds is 4. The Labute approximate surface area is 114 Å². The van der Waals surface area contributed by atoms with E-state index in [4.69, 9.17) is 10.5 Å². The number of hydrogen-bond donors (Lipinski definition) is 2. The first-order chi connectivity index (χ1) is 8.65. The molecule has 0 fully saturated rings. The van der Waals surface area contributed by atoms with Gasteiger partial charge in [0.1, 0.15) is 18.1 Å². The van der Waals surface area contributed by atoms with Crippen molar-refractivity contribution in [3.05, 3.63) is 58.6 Å². The van der Waals surface area contributed by atoms with E-state index < -0.39 is 0 Å². The van der Waals surface area contributed by atoms with Crippen LogP contribution in [-0.4, -0.2) is 11.7 Å². The molecule has 0 amide bonds. The number of benzene rings is 2. The third-order valence-corrected chi connectivity index (χ3v) is 3.02. The highest BCUT2D eigenvalue weighted by Gasteiger charge is 2.07. The first kappa shape index (κ1) is 12.9. The maximum Gasteiger partial charge on any atom is 0.120 e. The third-order valence-electron chi connectivity index (χ3n) is 2.52. The van der Waals surface area contributed by atoms with Crippen LogP contribution in [0.15, 0.2) is 53.0 Å². The molecule has 0 aliphatic carbocycles. The summed E-state index contributed by atoms with van der Waals surface area (Å²) >= 11 is 3.38. The Bertz CT molecular complexity index is 531. The molecule has 0 aliphatic rings. The highest BCUT2D eigenvalue weighted by molar-refractivity contribution is 9.10. The highest BCUT2D eigenvalue weighted by atomic mass is 79.9. The van der Waals surface area contributed by atoms with Crippen LogP contribution in [0.4, 0.5) is 0 Å². The van der Waals surface area contributed by atoms with E-state index in [1.807, 2.05) is 30.3 Å². The van der Waals surface area contributed by atoms with Crippen molar-refractivity contribution in [3.8, 4) is 11.5 Å². The summed E-state index contributed by atoms with van der Waals surface area (Å²) in [5.74, 6) is 0.977. The summed E-state index contributed by atoms with van der Waals surface area (Å²) in [5.41, 5.74) is 6.85. The maximum absolute atomic E-state index is 9.38. The van der Waals surface area contributed by atoms with Crippen molar-refractivity contribution in [1.29, 1.82) is 0 Å². The number of aromatic hydroxyl groups is 1. The Balaban J connectivity index is 1.98. The van der Waals surface area contributed by atoms with Crippen LogP contribution in [0.3, 0.4) is 0 Å². The molecule has 0 saturated carbocycles. The summed E-state index contributed by atoms with van der Waals surface area (Å²) in [6.07, 6.45) is 0. The van der Waals surface area contributed by atoms with Crippen LogP contribution in [0.5, 0.6) is 11.5 Å². The Morgan fingerprint density at radius 2 is 1.94 bits per heavy atom. The van der Waals surface area contributed by atoms with Gasteiger partial charge in [0.2, 0.25) is 0 Å². The van der Waals surface area contributed by atoms with Crippen LogP contribution in [-0.2, 0) is 0 Å². The first-order valence-electron chi connectivity index (χ1n) is 5.58. The lowest BCUT2D eigenvalue weighted by molar-refractivity contribution is 0.290. The third kappa shape index (κ3) is 3.48. The van der Waals surface area contributed by atoms with Gasteiger partial charge in [0.25, 0.3) is 0 Å². The first-order valence-corrected chi connectivity index (χ1v) is 6.37. The van der Waals surface area contributed by atoms with Crippen molar-refractivity contribution in [2.75, 3.05) is 6.61 Å². The Kier molecular flexibility index (Phi) is 4.23. The minimum atomic E-state index is -0.268. The molecule has 3 N–H and O–H groups in total. The lowest BCUT2D eigenvalue weighted by Gasteiger charge is -2.14. The molecule has 0 aromatic heterocycles. The van der Waals surface area contributed by atoms with Gasteiger partial charge in [-0.05, 0) is 35.9 Å². The number of ether oxygens (including phenoxy) is 1. The van der Waals surface area contributed by atoms with Crippen molar-refractivity contribution in [3.63, 3.8) is 0 Å². The average Bonchev–Trinajstić information content (AvgIpc) is 2.36. The molecule has 0 heterocycles. The summed E-state index contributed by atoms with van der Waals surface area (Å²) in [5, 5.41) is 9.38. The molecular weight excluding hydrogens is 294 g/mol. The van der Waals surface area contributed by atoms with Gasteiger partial charge in [-0.1, -0.05) is 34.1 Å². The Hall–Kier alpha value is -1.52. The number of hydrogen-bond acceptors (Lipinski definition) is 3. The molecule has 2 rings (SSSR count). The van der Waals surface area contributed by atoms with E-state index in [1.54, 1.807) is 18.2 Å². The lowest BCUT2D eigenvalue weighted by Crippen LogP contribution is -2.18. The van der Waals surface area contributed by atoms with Crippen LogP contribution in [0.1, 0.15) is 11.6 Å². The fourth-order valence-corrected chi connectivity index (χ4v) is 1.97. The van der Waals surface area contributed by atoms with Gasteiger partial charge in [0.05, 0.1) is 6.04 Å². The summed E-state index contributed by atoms with van der Waals surface area (Å²) in [7, 11) is 0. The number of halogens is 1. The molecule has 0 spiro atoms. The summed E-state index contributed by atoms with van der Waals surface area (Å²) in [6.45, 7) is 0.361. The minimum absolute atomic E-state index is 0.213. The van der Waals surface area contributed by atoms with Gasteiger partial charge in [-0.15, -0.1) is 0 Å². The van der Waals surface area contributed by atoms with Gasteiger partial charge in [0.15, 0.2) is 0 Å². The summed E-state index contributed by atoms with van der Waals surface area (Å²) in [6, 6.07) is 14.2. The maximum atomic E-state index is 9.38. The Morgan fingerprint density at radius 3 is 2.67 bits per heavy atom. The van der Waals surface area contributed by atoms with Crippen LogP contribution in [0.2, 0.25) is 0 Å². The molecule has 1 unspecified atom stereocenters. The zero-order valence-corrected chi connectivity index (χ0v) is 11.3. The lowest BCUT2D eigenvalue weighted by atomic mass is 10.1. The quantitative estimate of drug-likeness (QED) is 0.912. The van der Waals surface area contributed by atoms with Crippen molar-refractivity contribution in [1.82, 2.24) is 0 Å². The molecule has 2 aromatic carbocycles. The molecule has 2 aromatic rings. The van der Waals surface area contributed by atoms with E-state index in [-0.39, 0.29) is 11.8 Å². The standard InChI is InChI=1S/C14H14BrNO2/c15-11-4-2-6-13(8-11)18-9-14(16)10-3-1-5-12(17)7-10/h1-8,14,17H,9,16H2. The molecule has 18 heavy (non-hydrogen) atoms. The minimum Gasteiger partial charge on any atom is -0.508 e. The molecule has 1 atom stereocenters. The van der Waals surface area contributed by atoms with E-state index in [1.165, 1.54) is 0 Å². The van der Waals surface area contributed by atoms with Crippen LogP contribution >= 0.6 is 15.9 Å². The molecule has 0 radical (unpaired) electrons. The molecule has 0 aliphatic heterocycles. The number of phenolic OH excluding ortho intramolecular Hbond substituents is 1. The van der Waals surface area contributed by atoms with Gasteiger partial charge in [-0.3, -0.25) is 0 Å². The SMILES string of the molecule is NC(COc1cccc(Br)c1)c1cccc(O)c1. The predicted octanol–water partition coefficient (Wildman–Crippen LogP) is 3.23. The van der Waals surface area contributed by atoms with E-state index in [0.29, 0.717) is 6.61 Å². The molecule has 0 bridgehead atoms. The van der Waals surface area contributed by atoms with Crippen LogP contribution in [0.25, 0.3) is 0 Å². The van der Waals surface area contributed by atoms with E-state index in [0.717, 1.165) is 15.8 Å². The molecular formula is C14H14BrNO2. The zero-order chi connectivity index (χ0) is 13.0. The van der Waals surface area contributed by atoms with E-state index >= 15 is 0 Å². The summed E-state index contributed by atoms with van der Waals surface area (Å²) < 4.78 is 6.57. The van der Waals surface area contributed by atoms with Crippen molar-refractivity contribution >= 4 is 15.9 Å². The Morgan fingerprint density at radius 1 is 1.17 bits per heavy atom. The van der Waals surface area contributed by atoms with Crippen molar-refractivity contribution < 1.29 is 9.84 Å². The van der Waals surface area contributed by atoms with Crippen molar-refractivity contribution in [2.45, 2.75) is 6.04 Å². The number of nitrogens with two attached hydrogens (primary N) is 1. The van der Waals surface area contributed by atoms with Crippen LogP contribution < -0.4 is 10.5 Å².